The van der Waals surface area contributed by atoms with Gasteiger partial charge in [0.2, 0.25) is 6.79 Å². The van der Waals surface area contributed by atoms with Gasteiger partial charge in [-0.2, -0.15) is 5.10 Å². The molecule has 0 saturated heterocycles. The van der Waals surface area contributed by atoms with Gasteiger partial charge in [0.15, 0.2) is 11.5 Å². The Kier molecular flexibility index (Phi) is 4.32. The van der Waals surface area contributed by atoms with Crippen molar-refractivity contribution in [3.63, 3.8) is 0 Å². The van der Waals surface area contributed by atoms with E-state index in [-0.39, 0.29) is 18.1 Å². The summed E-state index contributed by atoms with van der Waals surface area (Å²) in [5.41, 5.74) is 5.42. The Hall–Kier alpha value is -2.86. The maximum Gasteiger partial charge on any atom is 0.231 e. The van der Waals surface area contributed by atoms with Crippen LogP contribution in [-0.2, 0) is 24.9 Å². The molecule has 1 aliphatic carbocycles. The molecule has 2 heterocycles. The molecule has 0 atom stereocenters. The summed E-state index contributed by atoms with van der Waals surface area (Å²) in [7, 11) is 0. The highest BCUT2D eigenvalue weighted by atomic mass is 19.1. The maximum absolute atomic E-state index is 13.3. The Morgan fingerprint density at radius 2 is 1.86 bits per heavy atom. The van der Waals surface area contributed by atoms with Crippen molar-refractivity contribution < 1.29 is 13.9 Å². The summed E-state index contributed by atoms with van der Waals surface area (Å²) in [4.78, 5) is 0. The van der Waals surface area contributed by atoms with Gasteiger partial charge in [-0.05, 0) is 80.6 Å². The summed E-state index contributed by atoms with van der Waals surface area (Å²) < 4.78 is 26.2. The van der Waals surface area contributed by atoms with Crippen molar-refractivity contribution in [1.29, 1.82) is 0 Å². The number of rotatable bonds is 5. The van der Waals surface area contributed by atoms with Gasteiger partial charge < -0.3 is 14.8 Å². The molecule has 0 spiro atoms. The minimum atomic E-state index is -0.258. The van der Waals surface area contributed by atoms with Gasteiger partial charge in [-0.3, -0.25) is 0 Å². The normalized spacial score (nSPS) is 15.0. The average molecular weight is 393 g/mol. The monoisotopic (exact) mass is 393 g/mol. The maximum atomic E-state index is 13.3. The Bertz CT molecular complexity index is 1060. The van der Waals surface area contributed by atoms with Crippen molar-refractivity contribution in [2.24, 2.45) is 0 Å². The fraction of sp³-hybridized carbons (Fsp3) is 0.348. The smallest absolute Gasteiger partial charge is 0.231 e. The van der Waals surface area contributed by atoms with Crippen molar-refractivity contribution >= 4 is 0 Å². The first-order valence-corrected chi connectivity index (χ1v) is 10.0. The number of hydrogen-bond donors (Lipinski definition) is 1. The second-order valence-corrected chi connectivity index (χ2v) is 8.16. The van der Waals surface area contributed by atoms with Crippen LogP contribution < -0.4 is 14.8 Å². The van der Waals surface area contributed by atoms with E-state index in [1.54, 1.807) is 12.1 Å². The zero-order valence-electron chi connectivity index (χ0n) is 16.7. The van der Waals surface area contributed by atoms with Gasteiger partial charge in [0, 0.05) is 17.8 Å². The van der Waals surface area contributed by atoms with Gasteiger partial charge in [-0.15, -0.1) is 0 Å². The third kappa shape index (κ3) is 3.27. The van der Waals surface area contributed by atoms with E-state index in [1.165, 1.54) is 23.4 Å². The molecule has 0 saturated carbocycles. The minimum absolute atomic E-state index is 0.232. The van der Waals surface area contributed by atoms with Crippen LogP contribution in [0.2, 0.25) is 0 Å². The highest BCUT2D eigenvalue weighted by molar-refractivity contribution is 5.46. The molecule has 5 nitrogen and oxygen atoms in total. The largest absolute Gasteiger partial charge is 0.454 e. The summed E-state index contributed by atoms with van der Waals surface area (Å²) in [6.07, 6.45) is 3.18. The van der Waals surface area contributed by atoms with E-state index in [9.17, 15) is 4.39 Å². The van der Waals surface area contributed by atoms with E-state index in [0.29, 0.717) is 6.54 Å². The van der Waals surface area contributed by atoms with Crippen molar-refractivity contribution in [1.82, 2.24) is 15.1 Å². The van der Waals surface area contributed by atoms with E-state index in [2.05, 4.69) is 25.2 Å². The predicted octanol–water partition coefficient (Wildman–Crippen LogP) is 4.25. The van der Waals surface area contributed by atoms with Gasteiger partial charge in [0.25, 0.3) is 0 Å². The van der Waals surface area contributed by atoms with Crippen LogP contribution >= 0.6 is 0 Å². The SMILES string of the molecule is CC(C)(NCc1nn(-c2ccc(F)cc2)c2c1CCC2)c1ccc2c(c1)OCO2. The zero-order valence-corrected chi connectivity index (χ0v) is 16.7. The molecular formula is C23H24FN3O2. The molecule has 3 aromatic rings. The fourth-order valence-corrected chi connectivity index (χ4v) is 4.14. The summed E-state index contributed by atoms with van der Waals surface area (Å²) >= 11 is 0. The first-order valence-electron chi connectivity index (χ1n) is 10.0. The Morgan fingerprint density at radius 3 is 2.69 bits per heavy atom. The van der Waals surface area contributed by atoms with Gasteiger partial charge >= 0.3 is 0 Å². The molecule has 5 rings (SSSR count). The van der Waals surface area contributed by atoms with Crippen molar-refractivity contribution in [2.75, 3.05) is 6.79 Å². The molecular weight excluding hydrogens is 369 g/mol. The summed E-state index contributed by atoms with van der Waals surface area (Å²) in [6, 6.07) is 12.6. The number of fused-ring (bicyclic) bond motifs is 2. The van der Waals surface area contributed by atoms with Crippen LogP contribution in [0.3, 0.4) is 0 Å². The molecule has 29 heavy (non-hydrogen) atoms. The number of benzene rings is 2. The zero-order chi connectivity index (χ0) is 20.0. The van der Waals surface area contributed by atoms with Crippen molar-refractivity contribution in [3.05, 3.63) is 70.8 Å². The molecule has 150 valence electrons. The lowest BCUT2D eigenvalue weighted by molar-refractivity contribution is 0.174. The number of aromatic nitrogens is 2. The fourth-order valence-electron chi connectivity index (χ4n) is 4.14. The lowest BCUT2D eigenvalue weighted by Gasteiger charge is -2.27. The van der Waals surface area contributed by atoms with E-state index in [4.69, 9.17) is 14.6 Å². The van der Waals surface area contributed by atoms with Crippen LogP contribution in [0.5, 0.6) is 11.5 Å². The number of nitrogens with zero attached hydrogens (tertiary/aromatic N) is 2. The standard InChI is InChI=1S/C23H24FN3O2/c1-23(2,15-6-11-21-22(12-15)29-14-28-21)25-13-19-18-4-3-5-20(18)27(26-19)17-9-7-16(24)8-10-17/h6-12,25H,3-5,13-14H2,1-2H3. The lowest BCUT2D eigenvalue weighted by atomic mass is 9.93. The predicted molar refractivity (Wildman–Crippen MR) is 108 cm³/mol. The van der Waals surface area contributed by atoms with Crippen LogP contribution in [-0.4, -0.2) is 16.6 Å². The Labute approximate surface area is 169 Å². The quantitative estimate of drug-likeness (QED) is 0.704. The average Bonchev–Trinajstić information content (AvgIpc) is 3.43. The number of ether oxygens (including phenoxy) is 2. The number of nitrogens with one attached hydrogen (secondary N) is 1. The van der Waals surface area contributed by atoms with Crippen LogP contribution in [0.15, 0.2) is 42.5 Å². The third-order valence-electron chi connectivity index (χ3n) is 5.88. The van der Waals surface area contributed by atoms with E-state index in [0.717, 1.165) is 47.7 Å². The summed E-state index contributed by atoms with van der Waals surface area (Å²) in [6.45, 7) is 5.25. The van der Waals surface area contributed by atoms with Gasteiger partial charge in [-0.25, -0.2) is 9.07 Å². The molecule has 0 unspecified atom stereocenters. The molecule has 0 radical (unpaired) electrons. The van der Waals surface area contributed by atoms with Crippen LogP contribution in [0, 0.1) is 5.82 Å². The third-order valence-corrected chi connectivity index (χ3v) is 5.88. The van der Waals surface area contributed by atoms with Crippen LogP contribution in [0.4, 0.5) is 4.39 Å². The number of halogens is 1. The molecule has 0 bridgehead atoms. The van der Waals surface area contributed by atoms with Gasteiger partial charge in [0.05, 0.1) is 11.4 Å². The van der Waals surface area contributed by atoms with E-state index in [1.807, 2.05) is 16.8 Å². The summed E-state index contributed by atoms with van der Waals surface area (Å²) in [5, 5.41) is 8.53. The van der Waals surface area contributed by atoms with E-state index < -0.39 is 0 Å². The van der Waals surface area contributed by atoms with Crippen molar-refractivity contribution in [2.45, 2.75) is 45.2 Å². The molecule has 0 fully saturated rings. The first kappa shape index (κ1) is 18.2. The molecule has 2 aliphatic rings. The second-order valence-electron chi connectivity index (χ2n) is 8.16. The van der Waals surface area contributed by atoms with Crippen LogP contribution in [0.25, 0.3) is 5.69 Å². The van der Waals surface area contributed by atoms with Gasteiger partial charge in [0.1, 0.15) is 5.82 Å². The molecule has 1 aromatic heterocycles. The molecule has 1 N–H and O–H groups in total. The second kappa shape index (κ2) is 6.88. The van der Waals surface area contributed by atoms with Gasteiger partial charge in [-0.1, -0.05) is 6.07 Å². The molecule has 0 amide bonds. The Balaban J connectivity index is 1.39. The van der Waals surface area contributed by atoms with E-state index >= 15 is 0 Å². The lowest BCUT2D eigenvalue weighted by Crippen LogP contribution is -2.36. The first-order chi connectivity index (χ1) is 14.0. The van der Waals surface area contributed by atoms with Crippen LogP contribution in [0.1, 0.15) is 42.8 Å². The summed E-state index contributed by atoms with van der Waals surface area (Å²) in [5.74, 6) is 1.35. The molecule has 6 heteroatoms. The Morgan fingerprint density at radius 1 is 1.07 bits per heavy atom. The van der Waals surface area contributed by atoms with Crippen molar-refractivity contribution in [3.8, 4) is 17.2 Å². The topological polar surface area (TPSA) is 48.3 Å². The number of hydrogen-bond acceptors (Lipinski definition) is 4. The minimum Gasteiger partial charge on any atom is -0.454 e. The highest BCUT2D eigenvalue weighted by Crippen LogP contribution is 2.36. The highest BCUT2D eigenvalue weighted by Gasteiger charge is 2.27. The molecule has 2 aromatic carbocycles. The molecule has 1 aliphatic heterocycles.